The predicted octanol–water partition coefficient (Wildman–Crippen LogP) is 0.0342. The molecule has 110 valence electrons. The minimum absolute atomic E-state index is 0.0184. The van der Waals surface area contributed by atoms with E-state index in [0.29, 0.717) is 12.1 Å². The van der Waals surface area contributed by atoms with Crippen molar-refractivity contribution in [2.24, 2.45) is 7.05 Å². The number of aryl methyl sites for hydroxylation is 2. The molecule has 2 atom stereocenters. The summed E-state index contributed by atoms with van der Waals surface area (Å²) in [6.45, 7) is 1.93. The van der Waals surface area contributed by atoms with Crippen LogP contribution >= 0.6 is 0 Å². The fraction of sp³-hybridized carbons (Fsp3) is 0.583. The van der Waals surface area contributed by atoms with Gasteiger partial charge in [-0.15, -0.1) is 0 Å². The first-order valence-corrected chi connectivity index (χ1v) is 6.43. The maximum absolute atomic E-state index is 12.2. The van der Waals surface area contributed by atoms with E-state index in [1.807, 2.05) is 6.92 Å². The monoisotopic (exact) mass is 282 g/mol. The van der Waals surface area contributed by atoms with Crippen LogP contribution in [-0.4, -0.2) is 55.6 Å². The highest BCUT2D eigenvalue weighted by Gasteiger charge is 2.39. The number of carboxylic acids is 1. The lowest BCUT2D eigenvalue weighted by Crippen LogP contribution is -2.43. The Hall–Kier alpha value is -2.09. The zero-order valence-corrected chi connectivity index (χ0v) is 11.4. The number of β-amino-alcohol motifs (C(OH)–C–C–N with tert-alkyl or cyclic N) is 1. The Balaban J connectivity index is 2.13. The van der Waals surface area contributed by atoms with E-state index in [9.17, 15) is 14.7 Å². The van der Waals surface area contributed by atoms with Crippen LogP contribution < -0.4 is 5.32 Å². The number of carbonyl (C=O) groups is 2. The Morgan fingerprint density at radius 1 is 1.55 bits per heavy atom. The molecule has 1 fully saturated rings. The molecule has 2 rings (SSSR count). The van der Waals surface area contributed by atoms with Crippen LogP contribution in [-0.2, 0) is 18.3 Å². The molecule has 0 bridgehead atoms. The number of nitrogens with zero attached hydrogens (tertiary/aromatic N) is 3. The van der Waals surface area contributed by atoms with Crippen molar-refractivity contribution in [1.29, 1.82) is 0 Å². The molecule has 0 aromatic carbocycles. The van der Waals surface area contributed by atoms with Gasteiger partial charge in [0.25, 0.3) is 0 Å². The second kappa shape index (κ2) is 5.49. The highest BCUT2D eigenvalue weighted by molar-refractivity contribution is 5.93. The Morgan fingerprint density at radius 3 is 2.85 bits per heavy atom. The number of aliphatic carboxylic acids is 1. The van der Waals surface area contributed by atoms with E-state index < -0.39 is 24.1 Å². The second-order valence-electron chi connectivity index (χ2n) is 4.84. The lowest BCUT2D eigenvalue weighted by atomic mass is 10.2. The molecule has 2 heterocycles. The molecule has 1 saturated heterocycles. The van der Waals surface area contributed by atoms with Crippen molar-refractivity contribution >= 4 is 17.7 Å². The van der Waals surface area contributed by atoms with Crippen LogP contribution in [0.25, 0.3) is 0 Å². The van der Waals surface area contributed by atoms with Gasteiger partial charge in [-0.05, 0) is 6.42 Å². The molecule has 0 aliphatic carbocycles. The Morgan fingerprint density at radius 2 is 2.25 bits per heavy atom. The smallest absolute Gasteiger partial charge is 0.326 e. The largest absolute Gasteiger partial charge is 0.480 e. The number of hydrogen-bond acceptors (Lipinski definition) is 4. The quantitative estimate of drug-likeness (QED) is 0.725. The van der Waals surface area contributed by atoms with Gasteiger partial charge in [0.1, 0.15) is 6.04 Å². The summed E-state index contributed by atoms with van der Waals surface area (Å²) < 4.78 is 1.59. The Labute approximate surface area is 116 Å². The van der Waals surface area contributed by atoms with Crippen LogP contribution in [0, 0.1) is 0 Å². The summed E-state index contributed by atoms with van der Waals surface area (Å²) in [5.41, 5.74) is 1.29. The molecule has 1 aliphatic rings. The van der Waals surface area contributed by atoms with Crippen molar-refractivity contribution < 1.29 is 19.8 Å². The van der Waals surface area contributed by atoms with E-state index in [4.69, 9.17) is 5.11 Å². The number of rotatable bonds is 3. The molecular formula is C12H18N4O4. The zero-order chi connectivity index (χ0) is 14.9. The molecule has 2 amide bonds. The number of aliphatic hydroxyl groups is 1. The minimum Gasteiger partial charge on any atom is -0.480 e. The third kappa shape index (κ3) is 2.74. The molecule has 3 N–H and O–H groups in total. The van der Waals surface area contributed by atoms with E-state index in [0.717, 1.165) is 10.6 Å². The summed E-state index contributed by atoms with van der Waals surface area (Å²) in [4.78, 5) is 24.4. The standard InChI is InChI=1S/C12H18N4O4/c1-3-8-9(6-15(2)14-8)13-12(20)16-5-7(17)4-10(16)11(18)19/h6-7,10,17H,3-5H2,1-2H3,(H,13,20)(H,18,19)/t7?,10-/m0/s1. The van der Waals surface area contributed by atoms with Gasteiger partial charge in [-0.3, -0.25) is 4.68 Å². The van der Waals surface area contributed by atoms with E-state index >= 15 is 0 Å². The predicted molar refractivity (Wildman–Crippen MR) is 70.4 cm³/mol. The molecule has 1 aromatic rings. The molecule has 8 heteroatoms. The van der Waals surface area contributed by atoms with Crippen molar-refractivity contribution in [2.45, 2.75) is 31.9 Å². The third-order valence-electron chi connectivity index (χ3n) is 3.31. The summed E-state index contributed by atoms with van der Waals surface area (Å²) in [5, 5.41) is 25.5. The maximum Gasteiger partial charge on any atom is 0.326 e. The van der Waals surface area contributed by atoms with Crippen LogP contribution in [0.5, 0.6) is 0 Å². The van der Waals surface area contributed by atoms with Gasteiger partial charge in [0, 0.05) is 26.2 Å². The number of nitrogens with one attached hydrogen (secondary N) is 1. The fourth-order valence-corrected chi connectivity index (χ4v) is 2.36. The van der Waals surface area contributed by atoms with E-state index in [1.165, 1.54) is 0 Å². The Kier molecular flexibility index (Phi) is 3.93. The molecule has 1 aliphatic heterocycles. The van der Waals surface area contributed by atoms with E-state index in [1.54, 1.807) is 17.9 Å². The Bertz CT molecular complexity index is 528. The number of aliphatic hydroxyl groups excluding tert-OH is 1. The zero-order valence-electron chi connectivity index (χ0n) is 11.4. The number of anilines is 1. The van der Waals surface area contributed by atoms with Gasteiger partial charge < -0.3 is 20.4 Å². The number of amides is 2. The van der Waals surface area contributed by atoms with Crippen LogP contribution in [0.3, 0.4) is 0 Å². The highest BCUT2D eigenvalue weighted by atomic mass is 16.4. The summed E-state index contributed by atoms with van der Waals surface area (Å²) in [5.74, 6) is -1.11. The number of carboxylic acid groups (broad SMARTS) is 1. The normalized spacial score (nSPS) is 22.1. The second-order valence-corrected chi connectivity index (χ2v) is 4.84. The van der Waals surface area contributed by atoms with Gasteiger partial charge in [0.2, 0.25) is 0 Å². The molecule has 20 heavy (non-hydrogen) atoms. The van der Waals surface area contributed by atoms with Crippen molar-refractivity contribution in [3.05, 3.63) is 11.9 Å². The summed E-state index contributed by atoms with van der Waals surface area (Å²) >= 11 is 0. The number of likely N-dealkylation sites (tertiary alicyclic amines) is 1. The molecule has 0 spiro atoms. The van der Waals surface area contributed by atoms with Crippen LogP contribution in [0.15, 0.2) is 6.20 Å². The fourth-order valence-electron chi connectivity index (χ4n) is 2.36. The van der Waals surface area contributed by atoms with Crippen LogP contribution in [0.1, 0.15) is 19.0 Å². The third-order valence-corrected chi connectivity index (χ3v) is 3.31. The highest BCUT2D eigenvalue weighted by Crippen LogP contribution is 2.21. The average Bonchev–Trinajstić information content (AvgIpc) is 2.92. The summed E-state index contributed by atoms with van der Waals surface area (Å²) in [6.07, 6.45) is 1.57. The van der Waals surface area contributed by atoms with Crippen molar-refractivity contribution in [3.8, 4) is 0 Å². The molecular weight excluding hydrogens is 264 g/mol. The molecule has 8 nitrogen and oxygen atoms in total. The molecule has 1 unspecified atom stereocenters. The topological polar surface area (TPSA) is 108 Å². The maximum atomic E-state index is 12.2. The molecule has 1 aromatic heterocycles. The van der Waals surface area contributed by atoms with Crippen molar-refractivity contribution in [2.75, 3.05) is 11.9 Å². The summed E-state index contributed by atoms with van der Waals surface area (Å²) in [6, 6.07) is -1.52. The van der Waals surface area contributed by atoms with Gasteiger partial charge in [0.15, 0.2) is 0 Å². The first kappa shape index (κ1) is 14.3. The SMILES string of the molecule is CCc1nn(C)cc1NC(=O)N1CC(O)C[C@H]1C(=O)O. The first-order valence-electron chi connectivity index (χ1n) is 6.43. The molecule has 0 saturated carbocycles. The number of hydrogen-bond donors (Lipinski definition) is 3. The number of aromatic nitrogens is 2. The van der Waals surface area contributed by atoms with Gasteiger partial charge >= 0.3 is 12.0 Å². The molecule has 0 radical (unpaired) electrons. The number of urea groups is 1. The van der Waals surface area contributed by atoms with Crippen molar-refractivity contribution in [3.63, 3.8) is 0 Å². The van der Waals surface area contributed by atoms with E-state index in [-0.39, 0.29) is 13.0 Å². The lowest BCUT2D eigenvalue weighted by Gasteiger charge is -2.21. The van der Waals surface area contributed by atoms with Gasteiger partial charge in [0.05, 0.1) is 17.5 Å². The van der Waals surface area contributed by atoms with Crippen LogP contribution in [0.2, 0.25) is 0 Å². The van der Waals surface area contributed by atoms with Gasteiger partial charge in [-0.1, -0.05) is 6.92 Å². The lowest BCUT2D eigenvalue weighted by molar-refractivity contribution is -0.141. The first-order chi connectivity index (χ1) is 9.42. The number of carbonyl (C=O) groups excluding carboxylic acids is 1. The van der Waals surface area contributed by atoms with Gasteiger partial charge in [-0.2, -0.15) is 5.10 Å². The average molecular weight is 282 g/mol. The van der Waals surface area contributed by atoms with Gasteiger partial charge in [-0.25, -0.2) is 9.59 Å². The van der Waals surface area contributed by atoms with Crippen molar-refractivity contribution in [1.82, 2.24) is 14.7 Å². The summed E-state index contributed by atoms with van der Waals surface area (Å²) in [7, 11) is 1.74. The van der Waals surface area contributed by atoms with E-state index in [2.05, 4.69) is 10.4 Å². The van der Waals surface area contributed by atoms with Crippen LogP contribution in [0.4, 0.5) is 10.5 Å². The minimum atomic E-state index is -1.11.